The predicted octanol–water partition coefficient (Wildman–Crippen LogP) is 1.74. The Morgan fingerprint density at radius 3 is 2.63 bits per heavy atom. The first-order chi connectivity index (χ1) is 8.97. The standard InChI is InChI=1S/C13H13N3O3/c1-8(17)14-10-5-3-4-9(6-10)11-7-12(13(18)19)16(2)15-11/h3-7H,1-2H3,(H,14,17)(H,18,19). The van der Waals surface area contributed by atoms with Crippen molar-refractivity contribution in [3.8, 4) is 11.3 Å². The van der Waals surface area contributed by atoms with Crippen LogP contribution in [0.4, 0.5) is 5.69 Å². The van der Waals surface area contributed by atoms with Crippen molar-refractivity contribution in [1.82, 2.24) is 9.78 Å². The molecule has 0 bridgehead atoms. The van der Waals surface area contributed by atoms with Crippen molar-refractivity contribution in [3.05, 3.63) is 36.0 Å². The number of hydrogen-bond donors (Lipinski definition) is 2. The number of rotatable bonds is 3. The molecule has 0 unspecified atom stereocenters. The van der Waals surface area contributed by atoms with Crippen LogP contribution in [-0.2, 0) is 11.8 Å². The monoisotopic (exact) mass is 259 g/mol. The molecule has 1 aromatic carbocycles. The quantitative estimate of drug-likeness (QED) is 0.879. The Hall–Kier alpha value is -2.63. The van der Waals surface area contributed by atoms with Crippen molar-refractivity contribution < 1.29 is 14.7 Å². The minimum Gasteiger partial charge on any atom is -0.477 e. The lowest BCUT2D eigenvalue weighted by molar-refractivity contribution is -0.114. The molecule has 1 heterocycles. The van der Waals surface area contributed by atoms with Gasteiger partial charge >= 0.3 is 5.97 Å². The molecule has 1 aromatic heterocycles. The summed E-state index contributed by atoms with van der Waals surface area (Å²) in [6.45, 7) is 1.43. The van der Waals surface area contributed by atoms with Crippen LogP contribution in [0.3, 0.4) is 0 Å². The number of carboxylic acid groups (broad SMARTS) is 1. The molecule has 2 aromatic rings. The molecule has 6 heteroatoms. The third-order valence-electron chi connectivity index (χ3n) is 2.58. The number of benzene rings is 1. The summed E-state index contributed by atoms with van der Waals surface area (Å²) >= 11 is 0. The van der Waals surface area contributed by atoms with E-state index in [9.17, 15) is 9.59 Å². The maximum atomic E-state index is 11.0. The molecule has 6 nitrogen and oxygen atoms in total. The van der Waals surface area contributed by atoms with Gasteiger partial charge in [-0.25, -0.2) is 4.79 Å². The van der Waals surface area contributed by atoms with Gasteiger partial charge in [0.25, 0.3) is 0 Å². The Balaban J connectivity index is 2.39. The molecule has 2 N–H and O–H groups in total. The van der Waals surface area contributed by atoms with Crippen LogP contribution in [0, 0.1) is 0 Å². The summed E-state index contributed by atoms with van der Waals surface area (Å²) < 4.78 is 1.31. The number of carbonyl (C=O) groups excluding carboxylic acids is 1. The number of hydrogen-bond acceptors (Lipinski definition) is 3. The molecule has 19 heavy (non-hydrogen) atoms. The highest BCUT2D eigenvalue weighted by atomic mass is 16.4. The van der Waals surface area contributed by atoms with Crippen LogP contribution in [0.1, 0.15) is 17.4 Å². The molecular formula is C13H13N3O3. The first-order valence-electron chi connectivity index (χ1n) is 5.62. The molecule has 0 atom stereocenters. The SMILES string of the molecule is CC(=O)Nc1cccc(-c2cc(C(=O)O)n(C)n2)c1. The van der Waals surface area contributed by atoms with Crippen LogP contribution in [-0.4, -0.2) is 26.8 Å². The van der Waals surface area contributed by atoms with Gasteiger partial charge in [-0.1, -0.05) is 12.1 Å². The van der Waals surface area contributed by atoms with Crippen molar-refractivity contribution in [2.75, 3.05) is 5.32 Å². The second-order valence-corrected chi connectivity index (χ2v) is 4.11. The summed E-state index contributed by atoms with van der Waals surface area (Å²) in [4.78, 5) is 22.0. The van der Waals surface area contributed by atoms with Gasteiger partial charge in [-0.2, -0.15) is 5.10 Å². The normalized spacial score (nSPS) is 10.2. The van der Waals surface area contributed by atoms with E-state index in [0.717, 1.165) is 5.56 Å². The maximum Gasteiger partial charge on any atom is 0.354 e. The van der Waals surface area contributed by atoms with Gasteiger partial charge in [-0.05, 0) is 18.2 Å². The van der Waals surface area contributed by atoms with Crippen LogP contribution >= 0.6 is 0 Å². The summed E-state index contributed by atoms with van der Waals surface area (Å²) in [6, 6.07) is 8.57. The van der Waals surface area contributed by atoms with Crippen LogP contribution in [0.15, 0.2) is 30.3 Å². The van der Waals surface area contributed by atoms with E-state index in [2.05, 4.69) is 10.4 Å². The molecule has 0 saturated heterocycles. The minimum absolute atomic E-state index is 0.111. The largest absolute Gasteiger partial charge is 0.477 e. The molecule has 0 spiro atoms. The third kappa shape index (κ3) is 2.79. The number of aromatic nitrogens is 2. The number of nitrogens with one attached hydrogen (secondary N) is 1. The zero-order valence-electron chi connectivity index (χ0n) is 10.5. The van der Waals surface area contributed by atoms with E-state index < -0.39 is 5.97 Å². The summed E-state index contributed by atoms with van der Waals surface area (Å²) in [7, 11) is 1.57. The van der Waals surface area contributed by atoms with Crippen LogP contribution < -0.4 is 5.32 Å². The zero-order valence-corrected chi connectivity index (χ0v) is 10.5. The molecule has 0 fully saturated rings. The van der Waals surface area contributed by atoms with Crippen molar-refractivity contribution >= 4 is 17.6 Å². The lowest BCUT2D eigenvalue weighted by Gasteiger charge is -2.03. The van der Waals surface area contributed by atoms with Crippen LogP contribution in [0.25, 0.3) is 11.3 Å². The average Bonchev–Trinajstić information content (AvgIpc) is 2.71. The van der Waals surface area contributed by atoms with Gasteiger partial charge in [0, 0.05) is 25.2 Å². The molecule has 98 valence electrons. The zero-order chi connectivity index (χ0) is 14.0. The van der Waals surface area contributed by atoms with Gasteiger partial charge in [0.05, 0.1) is 5.69 Å². The summed E-state index contributed by atoms with van der Waals surface area (Å²) in [5.74, 6) is -1.19. The lowest BCUT2D eigenvalue weighted by atomic mass is 10.1. The van der Waals surface area contributed by atoms with Crippen molar-refractivity contribution in [2.45, 2.75) is 6.92 Å². The number of amides is 1. The van der Waals surface area contributed by atoms with Gasteiger partial charge in [0.2, 0.25) is 5.91 Å². The minimum atomic E-state index is -1.03. The first kappa shape index (κ1) is 12.8. The molecule has 1 amide bonds. The number of aromatic carboxylic acids is 1. The van der Waals surface area contributed by atoms with E-state index in [4.69, 9.17) is 5.11 Å². The fraction of sp³-hybridized carbons (Fsp3) is 0.154. The van der Waals surface area contributed by atoms with Crippen molar-refractivity contribution in [2.24, 2.45) is 7.05 Å². The van der Waals surface area contributed by atoms with Crippen LogP contribution in [0.5, 0.6) is 0 Å². The summed E-state index contributed by atoms with van der Waals surface area (Å²) in [5, 5.41) is 15.8. The molecule has 0 radical (unpaired) electrons. The average molecular weight is 259 g/mol. The Kier molecular flexibility index (Phi) is 3.33. The maximum absolute atomic E-state index is 11.0. The number of nitrogens with zero attached hydrogens (tertiary/aromatic N) is 2. The Morgan fingerprint density at radius 1 is 1.32 bits per heavy atom. The van der Waals surface area contributed by atoms with E-state index in [0.29, 0.717) is 11.4 Å². The highest BCUT2D eigenvalue weighted by Gasteiger charge is 2.13. The smallest absolute Gasteiger partial charge is 0.354 e. The number of anilines is 1. The van der Waals surface area contributed by atoms with Gasteiger partial charge in [0.15, 0.2) is 0 Å². The molecular weight excluding hydrogens is 246 g/mol. The summed E-state index contributed by atoms with van der Waals surface area (Å²) in [5.41, 5.74) is 2.05. The Labute approximate surface area is 109 Å². The Morgan fingerprint density at radius 2 is 2.05 bits per heavy atom. The second kappa shape index (κ2) is 4.93. The molecule has 0 aliphatic carbocycles. The van der Waals surface area contributed by atoms with E-state index in [1.54, 1.807) is 31.3 Å². The van der Waals surface area contributed by atoms with E-state index in [1.165, 1.54) is 17.7 Å². The van der Waals surface area contributed by atoms with Crippen molar-refractivity contribution in [1.29, 1.82) is 0 Å². The number of carbonyl (C=O) groups is 2. The van der Waals surface area contributed by atoms with Crippen LogP contribution in [0.2, 0.25) is 0 Å². The molecule has 0 aliphatic rings. The lowest BCUT2D eigenvalue weighted by Crippen LogP contribution is -2.05. The molecule has 2 rings (SSSR count). The van der Waals surface area contributed by atoms with Gasteiger partial charge in [-0.3, -0.25) is 9.48 Å². The van der Waals surface area contributed by atoms with E-state index in [1.807, 2.05) is 0 Å². The van der Waals surface area contributed by atoms with Gasteiger partial charge < -0.3 is 10.4 Å². The highest BCUT2D eigenvalue weighted by molar-refractivity contribution is 5.90. The van der Waals surface area contributed by atoms with E-state index in [-0.39, 0.29) is 11.6 Å². The third-order valence-corrected chi connectivity index (χ3v) is 2.58. The molecule has 0 aliphatic heterocycles. The Bertz CT molecular complexity index is 646. The van der Waals surface area contributed by atoms with Gasteiger partial charge in [0.1, 0.15) is 5.69 Å². The fourth-order valence-electron chi connectivity index (χ4n) is 1.77. The topological polar surface area (TPSA) is 84.2 Å². The first-order valence-corrected chi connectivity index (χ1v) is 5.62. The predicted molar refractivity (Wildman–Crippen MR) is 69.9 cm³/mol. The number of aryl methyl sites for hydroxylation is 1. The highest BCUT2D eigenvalue weighted by Crippen LogP contribution is 2.22. The fourth-order valence-corrected chi connectivity index (χ4v) is 1.77. The number of carboxylic acids is 1. The van der Waals surface area contributed by atoms with Gasteiger partial charge in [-0.15, -0.1) is 0 Å². The second-order valence-electron chi connectivity index (χ2n) is 4.11. The summed E-state index contributed by atoms with van der Waals surface area (Å²) in [6.07, 6.45) is 0. The molecule has 0 saturated carbocycles. The van der Waals surface area contributed by atoms with E-state index >= 15 is 0 Å². The van der Waals surface area contributed by atoms with Crippen molar-refractivity contribution in [3.63, 3.8) is 0 Å².